The number of aryl methyl sites for hydroxylation is 2. The number of allylic oxidation sites excluding steroid dienone is 1. The Balaban J connectivity index is 1.40. The lowest BCUT2D eigenvalue weighted by Gasteiger charge is -2.31. The number of carbonyl (C=O) groups excluding carboxylic acids is 1. The lowest BCUT2D eigenvalue weighted by molar-refractivity contribution is -0.126. The quantitative estimate of drug-likeness (QED) is 0.722. The third kappa shape index (κ3) is 4.27. The van der Waals surface area contributed by atoms with E-state index in [1.165, 1.54) is 9.87 Å². The maximum Gasteiger partial charge on any atom is 0.243 e. The fourth-order valence-electron chi connectivity index (χ4n) is 4.07. The predicted molar refractivity (Wildman–Crippen MR) is 117 cm³/mol. The molecule has 1 saturated heterocycles. The summed E-state index contributed by atoms with van der Waals surface area (Å²) in [6, 6.07) is 15.0. The first-order valence-corrected chi connectivity index (χ1v) is 11.8. The van der Waals surface area contributed by atoms with Crippen LogP contribution in [0.5, 0.6) is 0 Å². The molecule has 158 valence electrons. The van der Waals surface area contributed by atoms with E-state index in [1.807, 2.05) is 25.1 Å². The van der Waals surface area contributed by atoms with Gasteiger partial charge in [-0.05, 0) is 50.3 Å². The summed E-state index contributed by atoms with van der Waals surface area (Å²) in [5.74, 6) is -0.561. The van der Waals surface area contributed by atoms with Gasteiger partial charge in [0, 0.05) is 18.7 Å². The van der Waals surface area contributed by atoms with Crippen LogP contribution in [0.4, 0.5) is 0 Å². The van der Waals surface area contributed by atoms with Crippen molar-refractivity contribution in [3.05, 3.63) is 71.3 Å². The third-order valence-electron chi connectivity index (χ3n) is 5.80. The van der Waals surface area contributed by atoms with Crippen molar-refractivity contribution in [3.63, 3.8) is 0 Å². The highest BCUT2D eigenvalue weighted by Crippen LogP contribution is 2.25. The van der Waals surface area contributed by atoms with Crippen molar-refractivity contribution in [1.29, 1.82) is 0 Å². The number of sulfonamides is 1. The normalized spacial score (nSPS) is 19.5. The van der Waals surface area contributed by atoms with Crippen LogP contribution in [0.15, 0.2) is 59.5 Å². The zero-order chi connectivity index (χ0) is 21.1. The molecule has 2 N–H and O–H groups in total. The van der Waals surface area contributed by atoms with Gasteiger partial charge in [0.25, 0.3) is 0 Å². The fourth-order valence-corrected chi connectivity index (χ4v) is 5.59. The zero-order valence-electron chi connectivity index (χ0n) is 17.1. The summed E-state index contributed by atoms with van der Waals surface area (Å²) in [6.45, 7) is 2.55. The van der Waals surface area contributed by atoms with Gasteiger partial charge in [-0.3, -0.25) is 15.6 Å². The summed E-state index contributed by atoms with van der Waals surface area (Å²) < 4.78 is 27.4. The van der Waals surface area contributed by atoms with E-state index in [9.17, 15) is 13.2 Å². The van der Waals surface area contributed by atoms with E-state index in [0.717, 1.165) is 29.7 Å². The largest absolute Gasteiger partial charge is 0.298 e. The Morgan fingerprint density at radius 1 is 1.10 bits per heavy atom. The lowest BCUT2D eigenvalue weighted by atomic mass is 9.95. The molecule has 2 aromatic carbocycles. The van der Waals surface area contributed by atoms with E-state index in [0.29, 0.717) is 19.4 Å². The average Bonchev–Trinajstić information content (AvgIpc) is 2.78. The zero-order valence-corrected chi connectivity index (χ0v) is 17.9. The molecule has 0 bridgehead atoms. The molecular formula is C23H27N3O3S. The van der Waals surface area contributed by atoms with E-state index in [2.05, 4.69) is 23.0 Å². The number of hydrogen-bond donors (Lipinski definition) is 2. The molecule has 0 radical (unpaired) electrons. The molecule has 1 fully saturated rings. The second kappa shape index (κ2) is 8.62. The van der Waals surface area contributed by atoms with Crippen LogP contribution in [0.1, 0.15) is 36.0 Å². The minimum atomic E-state index is -3.60. The Kier molecular flexibility index (Phi) is 5.92. The summed E-state index contributed by atoms with van der Waals surface area (Å²) in [5.41, 5.74) is 10.1. The molecule has 0 spiro atoms. The number of piperidine rings is 1. The van der Waals surface area contributed by atoms with Crippen molar-refractivity contribution in [1.82, 2.24) is 15.2 Å². The van der Waals surface area contributed by atoms with Crippen LogP contribution < -0.4 is 10.9 Å². The molecule has 1 aliphatic heterocycles. The van der Waals surface area contributed by atoms with Gasteiger partial charge in [0.1, 0.15) is 0 Å². The van der Waals surface area contributed by atoms with Crippen molar-refractivity contribution in [2.24, 2.45) is 5.92 Å². The summed E-state index contributed by atoms with van der Waals surface area (Å²) in [7, 11) is -3.60. The van der Waals surface area contributed by atoms with Crippen LogP contribution in [0, 0.1) is 12.8 Å². The van der Waals surface area contributed by atoms with Gasteiger partial charge in [-0.15, -0.1) is 0 Å². The highest BCUT2D eigenvalue weighted by atomic mass is 32.2. The third-order valence-corrected chi connectivity index (χ3v) is 7.68. The Morgan fingerprint density at radius 3 is 2.67 bits per heavy atom. The van der Waals surface area contributed by atoms with Crippen LogP contribution in [-0.2, 0) is 21.2 Å². The summed E-state index contributed by atoms with van der Waals surface area (Å²) in [6.07, 6.45) is 5.32. The smallest absolute Gasteiger partial charge is 0.243 e. The first-order valence-electron chi connectivity index (χ1n) is 10.4. The minimum absolute atomic E-state index is 0.178. The number of nitrogens with zero attached hydrogens (tertiary/aromatic N) is 1. The van der Waals surface area contributed by atoms with Gasteiger partial charge in [0.15, 0.2) is 0 Å². The van der Waals surface area contributed by atoms with Crippen LogP contribution in [0.2, 0.25) is 0 Å². The van der Waals surface area contributed by atoms with E-state index < -0.39 is 10.0 Å². The molecule has 0 unspecified atom stereocenters. The van der Waals surface area contributed by atoms with Crippen LogP contribution >= 0.6 is 0 Å². The molecule has 1 amide bonds. The molecule has 1 aliphatic carbocycles. The van der Waals surface area contributed by atoms with E-state index in [4.69, 9.17) is 0 Å². The average molecular weight is 426 g/mol. The van der Waals surface area contributed by atoms with E-state index >= 15 is 0 Å². The number of fused-ring (bicyclic) bond motifs is 1. The second-order valence-corrected chi connectivity index (χ2v) is 9.88. The van der Waals surface area contributed by atoms with Crippen LogP contribution in [-0.4, -0.2) is 31.7 Å². The predicted octanol–water partition coefficient (Wildman–Crippen LogP) is 3.00. The van der Waals surface area contributed by atoms with Crippen LogP contribution in [0.25, 0.3) is 5.70 Å². The molecule has 6 nitrogen and oxygen atoms in total. The second-order valence-electron chi connectivity index (χ2n) is 7.94. The van der Waals surface area contributed by atoms with Crippen molar-refractivity contribution in [3.8, 4) is 0 Å². The fraction of sp³-hybridized carbons (Fsp3) is 0.348. The number of carbonyl (C=O) groups is 1. The molecule has 30 heavy (non-hydrogen) atoms. The standard InChI is InChI=1S/C23H27N3O3S/c1-17-11-13-20(14-12-17)30(28,29)26-15-5-8-19(16-26)23(27)25-24-22-10-4-7-18-6-2-3-9-21(18)22/h2-3,6,9-14,19,24H,4-5,7-8,15-16H2,1H3,(H,25,27)/t19-/m1/s1. The Morgan fingerprint density at radius 2 is 1.87 bits per heavy atom. The highest BCUT2D eigenvalue weighted by molar-refractivity contribution is 7.89. The molecule has 1 atom stereocenters. The SMILES string of the molecule is Cc1ccc(S(=O)(=O)N2CCC[C@@H](C(=O)NNC3=CCCc4ccccc43)C2)cc1. The first-order chi connectivity index (χ1) is 14.4. The summed E-state index contributed by atoms with van der Waals surface area (Å²) in [5, 5.41) is 0. The summed E-state index contributed by atoms with van der Waals surface area (Å²) >= 11 is 0. The molecule has 0 saturated carbocycles. The number of benzene rings is 2. The monoisotopic (exact) mass is 425 g/mol. The van der Waals surface area contributed by atoms with Gasteiger partial charge in [0.2, 0.25) is 15.9 Å². The van der Waals surface area contributed by atoms with Gasteiger partial charge in [-0.1, -0.05) is 48.0 Å². The van der Waals surface area contributed by atoms with Crippen molar-refractivity contribution >= 4 is 21.6 Å². The molecule has 7 heteroatoms. The van der Waals surface area contributed by atoms with Crippen LogP contribution in [0.3, 0.4) is 0 Å². The molecule has 0 aromatic heterocycles. The lowest BCUT2D eigenvalue weighted by Crippen LogP contribution is -2.48. The van der Waals surface area contributed by atoms with Gasteiger partial charge in [-0.2, -0.15) is 4.31 Å². The molecular weight excluding hydrogens is 398 g/mol. The van der Waals surface area contributed by atoms with Crippen molar-refractivity contribution in [2.45, 2.75) is 37.5 Å². The maximum absolute atomic E-state index is 13.0. The number of hydrogen-bond acceptors (Lipinski definition) is 4. The Hall–Kier alpha value is -2.64. The van der Waals surface area contributed by atoms with Gasteiger partial charge in [-0.25, -0.2) is 8.42 Å². The van der Waals surface area contributed by atoms with Gasteiger partial charge >= 0.3 is 0 Å². The Labute approximate surface area is 178 Å². The molecule has 4 rings (SSSR count). The number of amides is 1. The van der Waals surface area contributed by atoms with E-state index in [1.54, 1.807) is 24.3 Å². The molecule has 1 heterocycles. The van der Waals surface area contributed by atoms with Crippen molar-refractivity contribution in [2.75, 3.05) is 13.1 Å². The first kappa shape index (κ1) is 20.6. The van der Waals surface area contributed by atoms with Gasteiger partial charge in [0.05, 0.1) is 16.5 Å². The molecule has 2 aromatic rings. The van der Waals surface area contributed by atoms with Crippen molar-refractivity contribution < 1.29 is 13.2 Å². The highest BCUT2D eigenvalue weighted by Gasteiger charge is 2.33. The maximum atomic E-state index is 13.0. The summed E-state index contributed by atoms with van der Waals surface area (Å²) in [4.78, 5) is 13.1. The number of hydrazine groups is 1. The number of rotatable bonds is 5. The van der Waals surface area contributed by atoms with Gasteiger partial charge < -0.3 is 0 Å². The number of nitrogens with one attached hydrogen (secondary N) is 2. The minimum Gasteiger partial charge on any atom is -0.298 e. The Bertz CT molecular complexity index is 1060. The topological polar surface area (TPSA) is 78.5 Å². The molecule has 2 aliphatic rings. The van der Waals surface area contributed by atoms with E-state index in [-0.39, 0.29) is 23.3 Å².